The first-order valence-electron chi connectivity index (χ1n) is 7.42. The van der Waals surface area contributed by atoms with Gasteiger partial charge in [-0.05, 0) is 30.7 Å². The Bertz CT molecular complexity index is 520. The van der Waals surface area contributed by atoms with Crippen molar-refractivity contribution in [3.05, 3.63) is 35.9 Å². The summed E-state index contributed by atoms with van der Waals surface area (Å²) in [6.45, 7) is 5.64. The molecule has 4 nitrogen and oxygen atoms in total. The fourth-order valence-corrected chi connectivity index (χ4v) is 2.67. The van der Waals surface area contributed by atoms with Crippen LogP contribution < -0.4 is 0 Å². The largest absolute Gasteiger partial charge is 0.480 e. The molecule has 1 aromatic carbocycles. The van der Waals surface area contributed by atoms with Gasteiger partial charge in [-0.3, -0.25) is 4.79 Å². The van der Waals surface area contributed by atoms with E-state index in [0.29, 0.717) is 6.42 Å². The second-order valence-corrected chi connectivity index (χ2v) is 6.47. The van der Waals surface area contributed by atoms with Crippen LogP contribution in [0.15, 0.2) is 30.3 Å². The summed E-state index contributed by atoms with van der Waals surface area (Å²) in [5.74, 6) is -1.01. The van der Waals surface area contributed by atoms with E-state index in [0.717, 1.165) is 18.4 Å². The van der Waals surface area contributed by atoms with E-state index in [1.165, 1.54) is 0 Å². The first-order valence-corrected chi connectivity index (χ1v) is 7.42. The van der Waals surface area contributed by atoms with Crippen molar-refractivity contribution in [1.82, 2.24) is 4.90 Å². The Morgan fingerprint density at radius 1 is 1.29 bits per heavy atom. The third kappa shape index (κ3) is 3.63. The molecule has 1 amide bonds. The number of carboxylic acid groups (broad SMARTS) is 1. The summed E-state index contributed by atoms with van der Waals surface area (Å²) < 4.78 is 0. The van der Waals surface area contributed by atoms with Crippen molar-refractivity contribution in [3.8, 4) is 0 Å². The van der Waals surface area contributed by atoms with Crippen LogP contribution in [0.1, 0.15) is 45.6 Å². The minimum atomic E-state index is -0.937. The third-order valence-corrected chi connectivity index (χ3v) is 4.15. The second-order valence-electron chi connectivity index (χ2n) is 6.47. The van der Waals surface area contributed by atoms with Crippen LogP contribution in [0.3, 0.4) is 0 Å². The van der Waals surface area contributed by atoms with Crippen molar-refractivity contribution in [1.29, 1.82) is 0 Å². The summed E-state index contributed by atoms with van der Waals surface area (Å²) in [6.07, 6.45) is 2.15. The average Bonchev–Trinajstić information content (AvgIpc) is 3.23. The number of carbonyl (C=O) groups is 2. The quantitative estimate of drug-likeness (QED) is 0.876. The van der Waals surface area contributed by atoms with Gasteiger partial charge in [0.1, 0.15) is 6.04 Å². The molecule has 0 bridgehead atoms. The van der Waals surface area contributed by atoms with Crippen molar-refractivity contribution in [2.45, 2.75) is 57.5 Å². The van der Waals surface area contributed by atoms with Crippen LogP contribution in [0.5, 0.6) is 0 Å². The molecule has 1 aromatic rings. The summed E-state index contributed by atoms with van der Waals surface area (Å²) >= 11 is 0. The molecule has 0 radical (unpaired) electrons. The molecule has 21 heavy (non-hydrogen) atoms. The van der Waals surface area contributed by atoms with E-state index in [1.54, 1.807) is 11.8 Å². The maximum absolute atomic E-state index is 12.6. The lowest BCUT2D eigenvalue weighted by atomic mass is 9.81. The first-order chi connectivity index (χ1) is 9.83. The fraction of sp³-hybridized carbons (Fsp3) is 0.529. The third-order valence-electron chi connectivity index (χ3n) is 4.15. The maximum Gasteiger partial charge on any atom is 0.326 e. The molecule has 2 rings (SSSR count). The highest BCUT2D eigenvalue weighted by atomic mass is 16.4. The van der Waals surface area contributed by atoms with Gasteiger partial charge in [-0.25, -0.2) is 4.79 Å². The molecular formula is C17H23NO3. The number of carboxylic acids is 1. The molecule has 1 aliphatic carbocycles. The normalized spacial score (nSPS) is 16.3. The Balaban J connectivity index is 2.13. The highest BCUT2D eigenvalue weighted by molar-refractivity contribution is 5.84. The van der Waals surface area contributed by atoms with Gasteiger partial charge in [0.2, 0.25) is 5.91 Å². The molecule has 1 saturated carbocycles. The summed E-state index contributed by atoms with van der Waals surface area (Å²) in [7, 11) is 0. The molecular weight excluding hydrogens is 266 g/mol. The minimum absolute atomic E-state index is 0.0683. The van der Waals surface area contributed by atoms with Crippen molar-refractivity contribution >= 4 is 11.9 Å². The Hall–Kier alpha value is -1.84. The number of nitrogens with zero attached hydrogens (tertiary/aromatic N) is 1. The number of amides is 1. The zero-order valence-corrected chi connectivity index (χ0v) is 12.9. The zero-order valence-electron chi connectivity index (χ0n) is 12.9. The van der Waals surface area contributed by atoms with Gasteiger partial charge in [-0.2, -0.15) is 0 Å². The van der Waals surface area contributed by atoms with E-state index >= 15 is 0 Å². The van der Waals surface area contributed by atoms with Gasteiger partial charge in [-0.1, -0.05) is 44.2 Å². The molecule has 1 N–H and O–H groups in total. The van der Waals surface area contributed by atoms with Crippen molar-refractivity contribution in [2.75, 3.05) is 0 Å². The smallest absolute Gasteiger partial charge is 0.326 e. The van der Waals surface area contributed by atoms with Crippen LogP contribution >= 0.6 is 0 Å². The topological polar surface area (TPSA) is 57.6 Å². The second kappa shape index (κ2) is 5.88. The molecule has 0 spiro atoms. The fourth-order valence-electron chi connectivity index (χ4n) is 2.67. The van der Waals surface area contributed by atoms with Gasteiger partial charge in [-0.15, -0.1) is 0 Å². The molecule has 4 heteroatoms. The van der Waals surface area contributed by atoms with E-state index in [-0.39, 0.29) is 17.4 Å². The number of hydrogen-bond donors (Lipinski definition) is 1. The van der Waals surface area contributed by atoms with E-state index in [1.807, 2.05) is 44.2 Å². The lowest BCUT2D eigenvalue weighted by molar-refractivity contribution is -0.150. The summed E-state index contributed by atoms with van der Waals surface area (Å²) in [4.78, 5) is 25.4. The molecule has 114 valence electrons. The average molecular weight is 289 g/mol. The molecule has 0 aromatic heterocycles. The van der Waals surface area contributed by atoms with Crippen LogP contribution in [0.25, 0.3) is 0 Å². The van der Waals surface area contributed by atoms with E-state index in [2.05, 4.69) is 0 Å². The van der Waals surface area contributed by atoms with Gasteiger partial charge in [0.25, 0.3) is 0 Å². The first kappa shape index (κ1) is 15.5. The SMILES string of the molecule is CC(C(=O)O)N(C(=O)CC(C)(C)c1ccccc1)C1CC1. The number of rotatable bonds is 6. The van der Waals surface area contributed by atoms with E-state index in [4.69, 9.17) is 0 Å². The van der Waals surface area contributed by atoms with Crippen LogP contribution in [-0.2, 0) is 15.0 Å². The Morgan fingerprint density at radius 2 is 1.86 bits per heavy atom. The molecule has 0 heterocycles. The maximum atomic E-state index is 12.6. The minimum Gasteiger partial charge on any atom is -0.480 e. The van der Waals surface area contributed by atoms with E-state index in [9.17, 15) is 14.7 Å². The monoisotopic (exact) mass is 289 g/mol. The predicted octanol–water partition coefficient (Wildman–Crippen LogP) is 2.82. The summed E-state index contributed by atoms with van der Waals surface area (Å²) in [5.41, 5.74) is 0.793. The molecule has 0 saturated heterocycles. The van der Waals surface area contributed by atoms with Crippen molar-refractivity contribution < 1.29 is 14.7 Å². The molecule has 1 aliphatic rings. The van der Waals surface area contributed by atoms with Gasteiger partial charge >= 0.3 is 5.97 Å². The molecule has 1 fully saturated rings. The van der Waals surface area contributed by atoms with Crippen LogP contribution in [0.2, 0.25) is 0 Å². The molecule has 0 aliphatic heterocycles. The highest BCUT2D eigenvalue weighted by Gasteiger charge is 2.40. The Labute approximate surface area is 125 Å². The summed E-state index contributed by atoms with van der Waals surface area (Å²) in [5, 5.41) is 9.20. The van der Waals surface area contributed by atoms with Crippen LogP contribution in [0.4, 0.5) is 0 Å². The standard InChI is InChI=1S/C17H23NO3/c1-12(16(20)21)18(14-9-10-14)15(19)11-17(2,3)13-7-5-4-6-8-13/h4-8,12,14H,9-11H2,1-3H3,(H,20,21). The summed E-state index contributed by atoms with van der Waals surface area (Å²) in [6, 6.07) is 9.24. The number of carbonyl (C=O) groups excluding carboxylic acids is 1. The Kier molecular flexibility index (Phi) is 4.35. The number of hydrogen-bond acceptors (Lipinski definition) is 2. The van der Waals surface area contributed by atoms with Crippen LogP contribution in [0, 0.1) is 0 Å². The molecule has 1 atom stereocenters. The van der Waals surface area contributed by atoms with Gasteiger partial charge in [0, 0.05) is 12.5 Å². The zero-order chi connectivity index (χ0) is 15.6. The van der Waals surface area contributed by atoms with Crippen molar-refractivity contribution in [2.24, 2.45) is 0 Å². The van der Waals surface area contributed by atoms with Gasteiger partial charge < -0.3 is 10.0 Å². The molecule has 1 unspecified atom stereocenters. The number of aliphatic carboxylic acids is 1. The van der Waals surface area contributed by atoms with Gasteiger partial charge in [0.05, 0.1) is 0 Å². The lowest BCUT2D eigenvalue weighted by Crippen LogP contribution is -2.46. The lowest BCUT2D eigenvalue weighted by Gasteiger charge is -2.31. The highest BCUT2D eigenvalue weighted by Crippen LogP contribution is 2.33. The van der Waals surface area contributed by atoms with E-state index < -0.39 is 12.0 Å². The predicted molar refractivity (Wildman–Crippen MR) is 81.1 cm³/mol. The van der Waals surface area contributed by atoms with Gasteiger partial charge in [0.15, 0.2) is 0 Å². The van der Waals surface area contributed by atoms with Crippen LogP contribution in [-0.4, -0.2) is 34.0 Å². The van der Waals surface area contributed by atoms with Crippen molar-refractivity contribution in [3.63, 3.8) is 0 Å². The number of benzene rings is 1. The Morgan fingerprint density at radius 3 is 2.33 bits per heavy atom.